The van der Waals surface area contributed by atoms with E-state index < -0.39 is 11.9 Å². The first-order chi connectivity index (χ1) is 13.4. The molecule has 0 aromatic carbocycles. The van der Waals surface area contributed by atoms with E-state index >= 15 is 0 Å². The predicted molar refractivity (Wildman–Crippen MR) is 112 cm³/mol. The van der Waals surface area contributed by atoms with Crippen molar-refractivity contribution in [3.8, 4) is 0 Å². The van der Waals surface area contributed by atoms with Crippen LogP contribution < -0.4 is 16.0 Å². The van der Waals surface area contributed by atoms with Gasteiger partial charge in [0.25, 0.3) is 0 Å². The third-order valence-corrected chi connectivity index (χ3v) is 4.16. The Balaban J connectivity index is 0.00000300. The van der Waals surface area contributed by atoms with E-state index in [9.17, 15) is 13.2 Å². The first-order valence-corrected chi connectivity index (χ1v) is 8.89. The summed E-state index contributed by atoms with van der Waals surface area (Å²) in [5, 5.41) is 13.6. The molecule has 9 nitrogen and oxygen atoms in total. The third-order valence-electron chi connectivity index (χ3n) is 4.16. The Labute approximate surface area is 183 Å². The first-order valence-electron chi connectivity index (χ1n) is 8.89. The van der Waals surface area contributed by atoms with Crippen molar-refractivity contribution >= 4 is 35.9 Å². The Kier molecular flexibility index (Phi) is 7.98. The zero-order chi connectivity index (χ0) is 20.1. The van der Waals surface area contributed by atoms with Gasteiger partial charge in [-0.2, -0.15) is 18.3 Å². The number of hydrogen-bond acceptors (Lipinski definition) is 6. The number of fused-ring (bicyclic) bond motifs is 1. The molecule has 0 fully saturated rings. The van der Waals surface area contributed by atoms with Gasteiger partial charge in [-0.15, -0.1) is 24.0 Å². The molecule has 3 rings (SSSR count). The summed E-state index contributed by atoms with van der Waals surface area (Å²) in [6.07, 6.45) is -1.52. The number of aryl methyl sites for hydroxylation is 2. The molecule has 160 valence electrons. The monoisotopic (exact) mass is 525 g/mol. The fraction of sp³-hybridized carbons (Fsp3) is 0.562. The highest BCUT2D eigenvalue weighted by atomic mass is 127. The van der Waals surface area contributed by atoms with Gasteiger partial charge in [-0.1, -0.05) is 0 Å². The van der Waals surface area contributed by atoms with Gasteiger partial charge in [-0.25, -0.2) is 19.6 Å². The molecule has 2 aromatic heterocycles. The largest absolute Gasteiger partial charge is 0.433 e. The van der Waals surface area contributed by atoms with Crippen molar-refractivity contribution in [3.05, 3.63) is 29.6 Å². The number of aliphatic imine (C=N–C) groups is 1. The standard InChI is InChI=1S/C16H22F3N9.HI/c1-10-24-13-11(4-3-9-28(13)27-10)25-14(20-2)22-7-8-23-15-21-6-5-12(26-15)16(17,18)19;/h5-6,11H,3-4,7-9H2,1-2H3,(H2,20,22,25)(H,21,23,26);1H. The molecule has 1 unspecified atom stereocenters. The minimum atomic E-state index is -4.50. The second-order valence-corrected chi connectivity index (χ2v) is 6.27. The Morgan fingerprint density at radius 3 is 2.83 bits per heavy atom. The number of alkyl halides is 3. The lowest BCUT2D eigenvalue weighted by atomic mass is 10.1. The highest BCUT2D eigenvalue weighted by molar-refractivity contribution is 14.0. The summed E-state index contributed by atoms with van der Waals surface area (Å²) < 4.78 is 39.9. The van der Waals surface area contributed by atoms with Crippen LogP contribution in [0.15, 0.2) is 17.3 Å². The number of halogens is 4. The van der Waals surface area contributed by atoms with Crippen molar-refractivity contribution in [2.45, 2.75) is 38.5 Å². The van der Waals surface area contributed by atoms with Crippen LogP contribution in [0.25, 0.3) is 0 Å². The van der Waals surface area contributed by atoms with Crippen molar-refractivity contribution in [3.63, 3.8) is 0 Å². The predicted octanol–water partition coefficient (Wildman–Crippen LogP) is 2.13. The van der Waals surface area contributed by atoms with Gasteiger partial charge in [-0.3, -0.25) is 4.99 Å². The van der Waals surface area contributed by atoms with Crippen LogP contribution in [0.2, 0.25) is 0 Å². The molecule has 0 aliphatic carbocycles. The fourth-order valence-corrected chi connectivity index (χ4v) is 2.92. The average Bonchev–Trinajstić information content (AvgIpc) is 3.05. The van der Waals surface area contributed by atoms with E-state index in [1.807, 2.05) is 11.6 Å². The van der Waals surface area contributed by atoms with Crippen LogP contribution in [0, 0.1) is 6.92 Å². The van der Waals surface area contributed by atoms with Crippen LogP contribution in [-0.2, 0) is 12.7 Å². The Morgan fingerprint density at radius 2 is 2.10 bits per heavy atom. The number of aromatic nitrogens is 5. The molecule has 1 atom stereocenters. The molecule has 13 heteroatoms. The van der Waals surface area contributed by atoms with Crippen LogP contribution >= 0.6 is 24.0 Å². The van der Waals surface area contributed by atoms with E-state index in [1.165, 1.54) is 0 Å². The third kappa shape index (κ3) is 6.14. The smallest absolute Gasteiger partial charge is 0.355 e. The fourth-order valence-electron chi connectivity index (χ4n) is 2.92. The summed E-state index contributed by atoms with van der Waals surface area (Å²) in [6, 6.07) is 0.834. The maximum Gasteiger partial charge on any atom is 0.433 e. The summed E-state index contributed by atoms with van der Waals surface area (Å²) in [5.74, 6) is 2.11. The van der Waals surface area contributed by atoms with Crippen LogP contribution in [0.1, 0.15) is 36.2 Å². The number of nitrogens with one attached hydrogen (secondary N) is 3. The summed E-state index contributed by atoms with van der Waals surface area (Å²) in [7, 11) is 1.65. The Morgan fingerprint density at radius 1 is 1.31 bits per heavy atom. The number of hydrogen-bond donors (Lipinski definition) is 3. The molecule has 1 aliphatic heterocycles. The molecule has 0 radical (unpaired) electrons. The number of rotatable bonds is 5. The van der Waals surface area contributed by atoms with Gasteiger partial charge in [0.05, 0.1) is 6.04 Å². The highest BCUT2D eigenvalue weighted by Gasteiger charge is 2.32. The molecule has 3 N–H and O–H groups in total. The van der Waals surface area contributed by atoms with Crippen LogP contribution in [0.3, 0.4) is 0 Å². The molecule has 0 bridgehead atoms. The first kappa shape index (κ1) is 23.1. The molecule has 0 saturated carbocycles. The number of nitrogens with zero attached hydrogens (tertiary/aromatic N) is 6. The van der Waals surface area contributed by atoms with E-state index in [2.05, 4.69) is 41.0 Å². The maximum absolute atomic E-state index is 12.7. The SMILES string of the molecule is CN=C(NCCNc1nccc(C(F)(F)F)n1)NC1CCCn2nc(C)nc21.I. The van der Waals surface area contributed by atoms with Crippen molar-refractivity contribution in [1.82, 2.24) is 35.4 Å². The lowest BCUT2D eigenvalue weighted by Crippen LogP contribution is -2.43. The van der Waals surface area contributed by atoms with Crippen molar-refractivity contribution < 1.29 is 13.2 Å². The maximum atomic E-state index is 12.7. The zero-order valence-corrected chi connectivity index (χ0v) is 18.3. The molecule has 1 aliphatic rings. The van der Waals surface area contributed by atoms with Gasteiger partial charge >= 0.3 is 6.18 Å². The number of anilines is 1. The van der Waals surface area contributed by atoms with Gasteiger partial charge in [0, 0.05) is 32.9 Å². The van der Waals surface area contributed by atoms with Gasteiger partial charge in [-0.05, 0) is 25.8 Å². The van der Waals surface area contributed by atoms with Gasteiger partial charge in [0.2, 0.25) is 5.95 Å². The van der Waals surface area contributed by atoms with Gasteiger partial charge in [0.1, 0.15) is 17.3 Å². The topological polar surface area (TPSA) is 105 Å². The summed E-state index contributed by atoms with van der Waals surface area (Å²) in [6.45, 7) is 3.44. The normalized spacial score (nSPS) is 16.6. The van der Waals surface area contributed by atoms with Crippen molar-refractivity contribution in [1.29, 1.82) is 0 Å². The minimum Gasteiger partial charge on any atom is -0.355 e. The number of guanidine groups is 1. The molecule has 0 spiro atoms. The highest BCUT2D eigenvalue weighted by Crippen LogP contribution is 2.27. The summed E-state index contributed by atoms with van der Waals surface area (Å²) >= 11 is 0. The van der Waals surface area contributed by atoms with E-state index in [4.69, 9.17) is 0 Å². The van der Waals surface area contributed by atoms with Crippen LogP contribution in [0.4, 0.5) is 19.1 Å². The van der Waals surface area contributed by atoms with Gasteiger partial charge in [0.15, 0.2) is 5.96 Å². The van der Waals surface area contributed by atoms with Crippen molar-refractivity contribution in [2.75, 3.05) is 25.5 Å². The molecule has 0 amide bonds. The van der Waals surface area contributed by atoms with Crippen molar-refractivity contribution in [2.24, 2.45) is 4.99 Å². The second-order valence-electron chi connectivity index (χ2n) is 6.27. The lowest BCUT2D eigenvalue weighted by molar-refractivity contribution is -0.141. The second kappa shape index (κ2) is 10.0. The van der Waals surface area contributed by atoms with E-state index in [1.54, 1.807) is 7.05 Å². The minimum absolute atomic E-state index is 0. The average molecular weight is 525 g/mol. The van der Waals surface area contributed by atoms with E-state index in [-0.39, 0.29) is 36.0 Å². The summed E-state index contributed by atoms with van der Waals surface area (Å²) in [4.78, 5) is 15.9. The summed E-state index contributed by atoms with van der Waals surface area (Å²) in [5.41, 5.74) is -0.980. The zero-order valence-electron chi connectivity index (χ0n) is 16.0. The van der Waals surface area contributed by atoms with Crippen LogP contribution in [-0.4, -0.2) is 50.8 Å². The van der Waals surface area contributed by atoms with Gasteiger partial charge < -0.3 is 16.0 Å². The molecule has 29 heavy (non-hydrogen) atoms. The van der Waals surface area contributed by atoms with Crippen LogP contribution in [0.5, 0.6) is 0 Å². The Hall–Kier alpha value is -2.19. The molecular formula is C16H23F3IN9. The quantitative estimate of drug-likeness (QED) is 0.238. The Bertz CT molecular complexity index is 837. The molecule has 3 heterocycles. The van der Waals surface area contributed by atoms with E-state index in [0.29, 0.717) is 19.0 Å². The molecule has 0 saturated heterocycles. The molecular weight excluding hydrogens is 502 g/mol. The lowest BCUT2D eigenvalue weighted by Gasteiger charge is -2.25. The van der Waals surface area contributed by atoms with E-state index in [0.717, 1.165) is 43.3 Å². The molecule has 2 aromatic rings.